The van der Waals surface area contributed by atoms with Crippen LogP contribution in [0.25, 0.3) is 28.1 Å². The molecule has 0 spiro atoms. The molecule has 0 bridgehead atoms. The molecule has 0 unspecified atom stereocenters. The molecule has 4 rings (SSSR count). The molecule has 31 heavy (non-hydrogen) atoms. The number of allylic oxidation sites excluding steroid dienone is 1. The summed E-state index contributed by atoms with van der Waals surface area (Å²) in [5, 5.41) is 17.8. The molecule has 3 aromatic carbocycles. The van der Waals surface area contributed by atoms with Crippen LogP contribution in [0.5, 0.6) is 0 Å². The first-order valence-corrected chi connectivity index (χ1v) is 10.4. The van der Waals surface area contributed by atoms with Gasteiger partial charge in [-0.2, -0.15) is 5.10 Å². The second-order valence-electron chi connectivity index (χ2n) is 7.15. The van der Waals surface area contributed by atoms with Crippen molar-refractivity contribution in [1.29, 1.82) is 0 Å². The Morgan fingerprint density at radius 2 is 1.81 bits per heavy atom. The minimum Gasteiger partial charge on any atom is -0.478 e. The first kappa shape index (κ1) is 20.6. The van der Waals surface area contributed by atoms with Crippen LogP contribution in [-0.2, 0) is 4.79 Å². The van der Waals surface area contributed by atoms with Crippen molar-refractivity contribution >= 4 is 45.7 Å². The van der Waals surface area contributed by atoms with Gasteiger partial charge < -0.3 is 5.11 Å². The van der Waals surface area contributed by atoms with Crippen molar-refractivity contribution in [2.24, 2.45) is 0 Å². The number of rotatable bonds is 6. The van der Waals surface area contributed by atoms with E-state index in [2.05, 4.69) is 29.3 Å². The van der Waals surface area contributed by atoms with Crippen LogP contribution in [0.2, 0.25) is 5.02 Å². The van der Waals surface area contributed by atoms with Gasteiger partial charge in [-0.1, -0.05) is 67.1 Å². The monoisotopic (exact) mass is 428 g/mol. The van der Waals surface area contributed by atoms with Crippen LogP contribution in [0.15, 0.2) is 79.0 Å². The summed E-state index contributed by atoms with van der Waals surface area (Å²) in [6, 6.07) is 22.0. The number of H-pyrrole nitrogens is 1. The van der Waals surface area contributed by atoms with Crippen molar-refractivity contribution < 1.29 is 9.90 Å². The fourth-order valence-electron chi connectivity index (χ4n) is 3.75. The van der Waals surface area contributed by atoms with Crippen LogP contribution in [0.1, 0.15) is 35.6 Å². The van der Waals surface area contributed by atoms with E-state index in [4.69, 9.17) is 16.7 Å². The Bertz CT molecular complexity index is 1300. The highest BCUT2D eigenvalue weighted by atomic mass is 35.5. The number of hydrogen-bond acceptors (Lipinski definition) is 2. The Morgan fingerprint density at radius 1 is 1.06 bits per heavy atom. The van der Waals surface area contributed by atoms with Gasteiger partial charge in [-0.15, -0.1) is 0 Å². The third-order valence-corrected chi connectivity index (χ3v) is 5.53. The minimum atomic E-state index is -0.968. The molecule has 154 valence electrons. The Labute approximate surface area is 185 Å². The first-order valence-electron chi connectivity index (χ1n) is 10.00. The van der Waals surface area contributed by atoms with E-state index < -0.39 is 5.97 Å². The van der Waals surface area contributed by atoms with Crippen LogP contribution in [-0.4, -0.2) is 21.3 Å². The fraction of sp³-hybridized carbons (Fsp3) is 0.0769. The number of benzene rings is 3. The Morgan fingerprint density at radius 3 is 2.52 bits per heavy atom. The number of aliphatic carboxylic acids is 1. The van der Waals surface area contributed by atoms with Crippen LogP contribution < -0.4 is 0 Å². The standard InChI is InChI=1S/C26H21ClN2O2/c1-2-21(22-5-3-4-6-23(22)27)26(19-12-13-24-20(15-19)16-28-29-24)18-10-7-17(8-11-18)9-14-25(30)31/h3-16H,2H2,1H3,(H,28,29)(H,30,31)/b14-9+,26-21+. The molecular weight excluding hydrogens is 408 g/mol. The molecule has 0 aliphatic carbocycles. The molecule has 0 amide bonds. The maximum atomic E-state index is 10.8. The van der Waals surface area contributed by atoms with Gasteiger partial charge in [-0.05, 0) is 64.1 Å². The second kappa shape index (κ2) is 9.02. The highest BCUT2D eigenvalue weighted by molar-refractivity contribution is 6.32. The molecule has 4 aromatic rings. The quantitative estimate of drug-likeness (QED) is 0.266. The highest BCUT2D eigenvalue weighted by Crippen LogP contribution is 2.37. The number of halogens is 1. The summed E-state index contributed by atoms with van der Waals surface area (Å²) in [7, 11) is 0. The molecule has 0 atom stereocenters. The van der Waals surface area contributed by atoms with Gasteiger partial charge in [-0.25, -0.2) is 4.79 Å². The highest BCUT2D eigenvalue weighted by Gasteiger charge is 2.15. The molecule has 0 saturated heterocycles. The van der Waals surface area contributed by atoms with E-state index in [0.29, 0.717) is 5.02 Å². The van der Waals surface area contributed by atoms with Gasteiger partial charge in [0.25, 0.3) is 0 Å². The smallest absolute Gasteiger partial charge is 0.328 e. The summed E-state index contributed by atoms with van der Waals surface area (Å²) in [6.45, 7) is 2.12. The zero-order valence-electron chi connectivity index (χ0n) is 17.0. The van der Waals surface area contributed by atoms with Crippen molar-refractivity contribution in [3.05, 3.63) is 106 Å². The second-order valence-corrected chi connectivity index (χ2v) is 7.56. The molecule has 0 radical (unpaired) electrons. The Hall–Kier alpha value is -3.63. The summed E-state index contributed by atoms with van der Waals surface area (Å²) in [5.74, 6) is -0.968. The zero-order valence-corrected chi connectivity index (χ0v) is 17.7. The van der Waals surface area contributed by atoms with Crippen LogP contribution in [0, 0.1) is 0 Å². The number of carboxylic acids is 1. The average Bonchev–Trinajstić information content (AvgIpc) is 3.25. The summed E-state index contributed by atoms with van der Waals surface area (Å²) >= 11 is 6.58. The number of fused-ring (bicyclic) bond motifs is 1. The molecule has 2 N–H and O–H groups in total. The number of aromatic amines is 1. The van der Waals surface area contributed by atoms with Gasteiger partial charge in [-0.3, -0.25) is 5.10 Å². The van der Waals surface area contributed by atoms with Crippen molar-refractivity contribution in [1.82, 2.24) is 10.2 Å². The lowest BCUT2D eigenvalue weighted by Gasteiger charge is -2.17. The largest absolute Gasteiger partial charge is 0.478 e. The lowest BCUT2D eigenvalue weighted by atomic mass is 9.87. The maximum absolute atomic E-state index is 10.8. The van der Waals surface area contributed by atoms with Crippen molar-refractivity contribution in [2.45, 2.75) is 13.3 Å². The van der Waals surface area contributed by atoms with Crippen LogP contribution in [0.3, 0.4) is 0 Å². The van der Waals surface area contributed by atoms with E-state index in [1.165, 1.54) is 0 Å². The molecule has 0 saturated carbocycles. The molecule has 1 heterocycles. The molecule has 4 nitrogen and oxygen atoms in total. The normalized spacial score (nSPS) is 12.3. The van der Waals surface area contributed by atoms with E-state index in [1.54, 1.807) is 6.08 Å². The molecule has 1 aromatic heterocycles. The van der Waals surface area contributed by atoms with Gasteiger partial charge in [0.1, 0.15) is 0 Å². The number of nitrogens with one attached hydrogen (secondary N) is 1. The summed E-state index contributed by atoms with van der Waals surface area (Å²) < 4.78 is 0. The van der Waals surface area contributed by atoms with Crippen molar-refractivity contribution in [3.63, 3.8) is 0 Å². The van der Waals surface area contributed by atoms with Gasteiger partial charge in [0.05, 0.1) is 11.7 Å². The summed E-state index contributed by atoms with van der Waals surface area (Å²) in [4.78, 5) is 10.8. The van der Waals surface area contributed by atoms with E-state index >= 15 is 0 Å². The Balaban J connectivity index is 1.92. The zero-order chi connectivity index (χ0) is 21.8. The summed E-state index contributed by atoms with van der Waals surface area (Å²) in [5.41, 5.74) is 7.14. The fourth-order valence-corrected chi connectivity index (χ4v) is 4.00. The average molecular weight is 429 g/mol. The molecule has 5 heteroatoms. The topological polar surface area (TPSA) is 66.0 Å². The van der Waals surface area contributed by atoms with Gasteiger partial charge >= 0.3 is 5.97 Å². The van der Waals surface area contributed by atoms with Crippen LogP contribution in [0.4, 0.5) is 0 Å². The number of nitrogens with zero attached hydrogens (tertiary/aromatic N) is 1. The van der Waals surface area contributed by atoms with Gasteiger partial charge in [0.2, 0.25) is 0 Å². The van der Waals surface area contributed by atoms with E-state index in [-0.39, 0.29) is 0 Å². The molecule has 0 fully saturated rings. The molecule has 0 aliphatic rings. The maximum Gasteiger partial charge on any atom is 0.328 e. The lowest BCUT2D eigenvalue weighted by Crippen LogP contribution is -1.96. The van der Waals surface area contributed by atoms with Gasteiger partial charge in [0, 0.05) is 16.5 Å². The Kier molecular flexibility index (Phi) is 6.01. The van der Waals surface area contributed by atoms with Crippen LogP contribution >= 0.6 is 11.6 Å². The first-order chi connectivity index (χ1) is 15.1. The molecular formula is C26H21ClN2O2. The predicted octanol–water partition coefficient (Wildman–Crippen LogP) is 6.68. The van der Waals surface area contributed by atoms with E-state index in [1.807, 2.05) is 60.8 Å². The number of hydrogen-bond donors (Lipinski definition) is 2. The SMILES string of the molecule is CC/C(=C(/c1ccc(/C=C/C(=O)O)cc1)c1ccc2[nH]ncc2c1)c1ccccc1Cl. The lowest BCUT2D eigenvalue weighted by molar-refractivity contribution is -0.131. The minimum absolute atomic E-state index is 0.710. The number of aromatic nitrogens is 2. The number of carbonyl (C=O) groups is 1. The van der Waals surface area contributed by atoms with E-state index in [0.717, 1.165) is 56.8 Å². The van der Waals surface area contributed by atoms with Crippen molar-refractivity contribution in [2.75, 3.05) is 0 Å². The number of carboxylic acid groups (broad SMARTS) is 1. The van der Waals surface area contributed by atoms with Gasteiger partial charge in [0.15, 0.2) is 0 Å². The predicted molar refractivity (Wildman–Crippen MR) is 127 cm³/mol. The molecule has 0 aliphatic heterocycles. The third kappa shape index (κ3) is 4.44. The third-order valence-electron chi connectivity index (χ3n) is 5.20. The summed E-state index contributed by atoms with van der Waals surface area (Å²) in [6.07, 6.45) is 5.34. The van der Waals surface area contributed by atoms with Crippen molar-refractivity contribution in [3.8, 4) is 0 Å². The van der Waals surface area contributed by atoms with E-state index in [9.17, 15) is 4.79 Å².